The van der Waals surface area contributed by atoms with Gasteiger partial charge in [0.15, 0.2) is 0 Å². The highest BCUT2D eigenvalue weighted by molar-refractivity contribution is 5.79. The molecule has 0 aromatic carbocycles. The first kappa shape index (κ1) is 13.4. The highest BCUT2D eigenvalue weighted by atomic mass is 16.2. The summed E-state index contributed by atoms with van der Waals surface area (Å²) in [6, 6.07) is 0.816. The second-order valence-corrected chi connectivity index (χ2v) is 6.32. The molecule has 0 atom stereocenters. The fourth-order valence-electron chi connectivity index (χ4n) is 3.90. The van der Waals surface area contributed by atoms with E-state index in [1.165, 1.54) is 25.7 Å². The number of nitrogens with one attached hydrogen (secondary N) is 1. The summed E-state index contributed by atoms with van der Waals surface area (Å²) in [5, 5.41) is 3.34. The molecule has 108 valence electrons. The molecule has 0 unspecified atom stereocenters. The summed E-state index contributed by atoms with van der Waals surface area (Å²) in [6.45, 7) is 6.14. The number of hydrogen-bond donors (Lipinski definition) is 1. The lowest BCUT2D eigenvalue weighted by atomic mass is 9.96. The molecule has 0 radical (unpaired) electrons. The zero-order chi connectivity index (χ0) is 13.1. The van der Waals surface area contributed by atoms with E-state index in [4.69, 9.17) is 0 Å². The van der Waals surface area contributed by atoms with Crippen molar-refractivity contribution < 1.29 is 4.79 Å². The van der Waals surface area contributed by atoms with Crippen molar-refractivity contribution in [2.24, 2.45) is 5.92 Å². The van der Waals surface area contributed by atoms with Crippen LogP contribution in [-0.2, 0) is 4.79 Å². The van der Waals surface area contributed by atoms with Crippen molar-refractivity contribution in [1.82, 2.24) is 15.1 Å². The molecule has 0 spiro atoms. The molecule has 1 aliphatic carbocycles. The van der Waals surface area contributed by atoms with E-state index in [9.17, 15) is 4.79 Å². The van der Waals surface area contributed by atoms with Crippen LogP contribution in [0.5, 0.6) is 0 Å². The van der Waals surface area contributed by atoms with Crippen molar-refractivity contribution in [2.45, 2.75) is 44.6 Å². The van der Waals surface area contributed by atoms with E-state index >= 15 is 0 Å². The standard InChI is InChI=1S/C15H27N3O/c19-15(13-5-7-16-8-6-13)18-11-9-17(10-12-18)14-3-1-2-4-14/h13-14,16H,1-12H2. The van der Waals surface area contributed by atoms with Gasteiger partial charge in [-0.2, -0.15) is 0 Å². The van der Waals surface area contributed by atoms with Gasteiger partial charge >= 0.3 is 0 Å². The molecule has 2 heterocycles. The maximum atomic E-state index is 12.5. The summed E-state index contributed by atoms with van der Waals surface area (Å²) in [7, 11) is 0. The number of amides is 1. The Balaban J connectivity index is 1.47. The van der Waals surface area contributed by atoms with Crippen molar-refractivity contribution in [2.75, 3.05) is 39.3 Å². The van der Waals surface area contributed by atoms with Gasteiger partial charge in [-0.25, -0.2) is 0 Å². The minimum Gasteiger partial charge on any atom is -0.340 e. The highest BCUT2D eigenvalue weighted by Gasteiger charge is 2.31. The first-order chi connectivity index (χ1) is 9.34. The van der Waals surface area contributed by atoms with Gasteiger partial charge in [-0.3, -0.25) is 9.69 Å². The smallest absolute Gasteiger partial charge is 0.225 e. The Labute approximate surface area is 116 Å². The second-order valence-electron chi connectivity index (χ2n) is 6.32. The van der Waals surface area contributed by atoms with Gasteiger partial charge in [0, 0.05) is 38.1 Å². The molecule has 1 N–H and O–H groups in total. The third-order valence-electron chi connectivity index (χ3n) is 5.16. The maximum Gasteiger partial charge on any atom is 0.225 e. The molecule has 1 amide bonds. The average Bonchev–Trinajstić information content (AvgIpc) is 3.02. The van der Waals surface area contributed by atoms with Crippen LogP contribution >= 0.6 is 0 Å². The van der Waals surface area contributed by atoms with Crippen LogP contribution in [0.15, 0.2) is 0 Å². The lowest BCUT2D eigenvalue weighted by Gasteiger charge is -2.39. The Bertz CT molecular complexity index is 301. The Morgan fingerprint density at radius 2 is 1.53 bits per heavy atom. The van der Waals surface area contributed by atoms with Crippen LogP contribution in [-0.4, -0.2) is 61.0 Å². The summed E-state index contributed by atoms with van der Waals surface area (Å²) in [4.78, 5) is 17.2. The molecule has 1 saturated carbocycles. The van der Waals surface area contributed by atoms with Crippen molar-refractivity contribution in [3.05, 3.63) is 0 Å². The zero-order valence-corrected chi connectivity index (χ0v) is 11.9. The Kier molecular flexibility index (Phi) is 4.38. The fourth-order valence-corrected chi connectivity index (χ4v) is 3.90. The summed E-state index contributed by atoms with van der Waals surface area (Å²) in [5.74, 6) is 0.715. The van der Waals surface area contributed by atoms with E-state index < -0.39 is 0 Å². The molecule has 19 heavy (non-hydrogen) atoms. The largest absolute Gasteiger partial charge is 0.340 e. The molecule has 0 aromatic rings. The molecular weight excluding hydrogens is 238 g/mol. The normalized spacial score (nSPS) is 27.9. The van der Waals surface area contributed by atoms with Gasteiger partial charge in [0.1, 0.15) is 0 Å². The Hall–Kier alpha value is -0.610. The van der Waals surface area contributed by atoms with Crippen LogP contribution in [0.2, 0.25) is 0 Å². The molecule has 4 heteroatoms. The topological polar surface area (TPSA) is 35.6 Å². The van der Waals surface area contributed by atoms with Crippen LogP contribution in [0.4, 0.5) is 0 Å². The highest BCUT2D eigenvalue weighted by Crippen LogP contribution is 2.25. The third-order valence-corrected chi connectivity index (χ3v) is 5.16. The fraction of sp³-hybridized carbons (Fsp3) is 0.933. The first-order valence-electron chi connectivity index (χ1n) is 8.08. The number of carbonyl (C=O) groups is 1. The van der Waals surface area contributed by atoms with E-state index in [2.05, 4.69) is 15.1 Å². The maximum absolute atomic E-state index is 12.5. The third kappa shape index (κ3) is 3.11. The second kappa shape index (κ2) is 6.23. The molecule has 3 rings (SSSR count). The molecule has 0 aromatic heterocycles. The molecule has 4 nitrogen and oxygen atoms in total. The van der Waals surface area contributed by atoms with Crippen molar-refractivity contribution in [3.8, 4) is 0 Å². The van der Waals surface area contributed by atoms with Crippen molar-refractivity contribution >= 4 is 5.91 Å². The van der Waals surface area contributed by atoms with Gasteiger partial charge in [0.2, 0.25) is 5.91 Å². The summed E-state index contributed by atoms with van der Waals surface area (Å²) in [6.07, 6.45) is 7.62. The van der Waals surface area contributed by atoms with Gasteiger partial charge in [0.25, 0.3) is 0 Å². The Morgan fingerprint density at radius 3 is 2.16 bits per heavy atom. The van der Waals surface area contributed by atoms with Crippen LogP contribution in [0.25, 0.3) is 0 Å². The SMILES string of the molecule is O=C(C1CCNCC1)N1CCN(C2CCCC2)CC1. The van der Waals surface area contributed by atoms with E-state index in [0.717, 1.165) is 58.2 Å². The van der Waals surface area contributed by atoms with Gasteiger partial charge in [-0.15, -0.1) is 0 Å². The number of carbonyl (C=O) groups excluding carboxylic acids is 1. The lowest BCUT2D eigenvalue weighted by molar-refractivity contribution is -0.138. The number of piperidine rings is 1. The predicted molar refractivity (Wildman–Crippen MR) is 76.0 cm³/mol. The number of nitrogens with zero attached hydrogens (tertiary/aromatic N) is 2. The quantitative estimate of drug-likeness (QED) is 0.811. The molecule has 3 aliphatic rings. The van der Waals surface area contributed by atoms with Crippen LogP contribution < -0.4 is 5.32 Å². The number of rotatable bonds is 2. The molecule has 2 saturated heterocycles. The van der Waals surface area contributed by atoms with Crippen molar-refractivity contribution in [1.29, 1.82) is 0 Å². The van der Waals surface area contributed by atoms with Crippen LogP contribution in [0.1, 0.15) is 38.5 Å². The molecule has 3 fully saturated rings. The molecule has 0 bridgehead atoms. The monoisotopic (exact) mass is 265 g/mol. The lowest BCUT2D eigenvalue weighted by Crippen LogP contribution is -2.53. The minimum atomic E-state index is 0.291. The number of hydrogen-bond acceptors (Lipinski definition) is 3. The minimum absolute atomic E-state index is 0.291. The number of piperazine rings is 1. The van der Waals surface area contributed by atoms with Crippen LogP contribution in [0, 0.1) is 5.92 Å². The molecular formula is C15H27N3O. The van der Waals surface area contributed by atoms with E-state index in [1.54, 1.807) is 0 Å². The van der Waals surface area contributed by atoms with E-state index in [-0.39, 0.29) is 0 Å². The van der Waals surface area contributed by atoms with E-state index in [1.807, 2.05) is 0 Å². The first-order valence-corrected chi connectivity index (χ1v) is 8.08. The van der Waals surface area contributed by atoms with Crippen molar-refractivity contribution in [3.63, 3.8) is 0 Å². The zero-order valence-electron chi connectivity index (χ0n) is 11.9. The summed E-state index contributed by atoms with van der Waals surface area (Å²) < 4.78 is 0. The van der Waals surface area contributed by atoms with Gasteiger partial charge in [-0.05, 0) is 38.8 Å². The average molecular weight is 265 g/mol. The predicted octanol–water partition coefficient (Wildman–Crippen LogP) is 1.07. The van der Waals surface area contributed by atoms with Crippen LogP contribution in [0.3, 0.4) is 0 Å². The van der Waals surface area contributed by atoms with Gasteiger partial charge in [-0.1, -0.05) is 12.8 Å². The summed E-state index contributed by atoms with van der Waals surface area (Å²) in [5.41, 5.74) is 0. The Morgan fingerprint density at radius 1 is 0.895 bits per heavy atom. The van der Waals surface area contributed by atoms with E-state index in [0.29, 0.717) is 11.8 Å². The summed E-state index contributed by atoms with van der Waals surface area (Å²) >= 11 is 0. The molecule has 2 aliphatic heterocycles. The van der Waals surface area contributed by atoms with Gasteiger partial charge < -0.3 is 10.2 Å². The van der Waals surface area contributed by atoms with Gasteiger partial charge in [0.05, 0.1) is 0 Å².